The number of rotatable bonds is 40. The maximum Gasteiger partial charge on any atom is 0.472 e. The van der Waals surface area contributed by atoms with Crippen LogP contribution in [0, 0.1) is 0 Å². The van der Waals surface area contributed by atoms with Gasteiger partial charge >= 0.3 is 19.8 Å². The van der Waals surface area contributed by atoms with Crippen molar-refractivity contribution in [3.05, 3.63) is 0 Å². The van der Waals surface area contributed by atoms with E-state index in [9.17, 15) is 54.5 Å². The highest BCUT2D eigenvalue weighted by molar-refractivity contribution is 7.47. The summed E-state index contributed by atoms with van der Waals surface area (Å²) < 4.78 is 46.5. The van der Waals surface area contributed by atoms with Crippen molar-refractivity contribution in [3.63, 3.8) is 0 Å². The van der Waals surface area contributed by atoms with Gasteiger partial charge in [-0.05, 0) is 12.8 Å². The Morgan fingerprint density at radius 1 is 0.618 bits per heavy atom. The average molecular weight is 998 g/mol. The van der Waals surface area contributed by atoms with Gasteiger partial charge in [-0.25, -0.2) is 4.57 Å². The Bertz CT molecular complexity index is 1380. The number of hydrogen-bond donors (Lipinski definition) is 8. The number of aliphatic hydroxyl groups excluding tert-OH is 6. The van der Waals surface area contributed by atoms with Crippen LogP contribution in [0.4, 0.5) is 0 Å². The SMILES string of the molecule is CCCCCCCCCCCCCCCC(=O)OC[C@H](COP(=O)(O)O[C@@H]1[C@H](O)[C@H](O)[C@@H](O)[C@H](O)[C@H]1O[C@H]1O[C@H](CO)C[C@H](O)[C@H]1NC(C)=O)OC(=O)CCCCCCCCCCCCCCC. The number of carbonyl (C=O) groups excluding carboxylic acids is 3. The van der Waals surface area contributed by atoms with Gasteiger partial charge < -0.3 is 59.8 Å². The number of amides is 1. The highest BCUT2D eigenvalue weighted by Gasteiger charge is 2.55. The molecule has 1 heterocycles. The van der Waals surface area contributed by atoms with Crippen LogP contribution in [0.3, 0.4) is 0 Å². The quantitative estimate of drug-likeness (QED) is 0.0180. The number of carbonyl (C=O) groups is 3. The van der Waals surface area contributed by atoms with E-state index in [0.717, 1.165) is 58.3 Å². The van der Waals surface area contributed by atoms with Gasteiger partial charge in [-0.1, -0.05) is 168 Å². The summed E-state index contributed by atoms with van der Waals surface area (Å²) in [5.74, 6) is -1.79. The molecule has 0 radical (unpaired) electrons. The summed E-state index contributed by atoms with van der Waals surface area (Å²) in [7, 11) is -5.35. The van der Waals surface area contributed by atoms with Gasteiger partial charge in [0.15, 0.2) is 12.4 Å². The zero-order chi connectivity index (χ0) is 50.2. The molecule has 2 aliphatic rings. The van der Waals surface area contributed by atoms with Crippen molar-refractivity contribution in [3.8, 4) is 0 Å². The van der Waals surface area contributed by atoms with Crippen molar-refractivity contribution < 1.29 is 82.5 Å². The fourth-order valence-electron chi connectivity index (χ4n) is 8.73. The molecule has 19 heteroatoms. The molecular weight excluding hydrogens is 906 g/mol. The zero-order valence-corrected chi connectivity index (χ0v) is 42.5. The van der Waals surface area contributed by atoms with Gasteiger partial charge in [0.25, 0.3) is 0 Å². The molecule has 0 aromatic heterocycles. The van der Waals surface area contributed by atoms with Gasteiger partial charge in [0, 0.05) is 26.2 Å². The molecule has 1 saturated carbocycles. The summed E-state index contributed by atoms with van der Waals surface area (Å²) in [4.78, 5) is 48.7. The van der Waals surface area contributed by atoms with Crippen LogP contribution >= 0.6 is 7.82 Å². The van der Waals surface area contributed by atoms with Gasteiger partial charge in [0.05, 0.1) is 25.4 Å². The van der Waals surface area contributed by atoms with E-state index in [1.807, 2.05) is 0 Å². The zero-order valence-electron chi connectivity index (χ0n) is 41.6. The van der Waals surface area contributed by atoms with Gasteiger partial charge in [-0.3, -0.25) is 23.4 Å². The molecule has 2 fully saturated rings. The number of phosphoric acid groups is 1. The third kappa shape index (κ3) is 26.6. The minimum absolute atomic E-state index is 0.0500. The predicted octanol–water partition coefficient (Wildman–Crippen LogP) is 6.72. The Labute approximate surface area is 406 Å². The normalized spacial score (nSPS) is 26.5. The molecule has 8 N–H and O–H groups in total. The molecule has 1 aliphatic heterocycles. The van der Waals surface area contributed by atoms with E-state index in [1.165, 1.54) is 103 Å². The topological polar surface area (TPSA) is 277 Å². The van der Waals surface area contributed by atoms with Crippen molar-refractivity contribution in [1.29, 1.82) is 0 Å². The lowest BCUT2D eigenvalue weighted by molar-refractivity contribution is -0.303. The number of esters is 2. The van der Waals surface area contributed by atoms with Gasteiger partial charge in [-0.15, -0.1) is 0 Å². The number of aliphatic hydroxyl groups is 6. The molecule has 1 saturated heterocycles. The summed E-state index contributed by atoms with van der Waals surface area (Å²) in [5, 5.41) is 65.9. The number of ether oxygens (including phenoxy) is 4. The minimum Gasteiger partial charge on any atom is -0.462 e. The molecule has 1 unspecified atom stereocenters. The Balaban J connectivity index is 2.00. The molecule has 400 valence electrons. The lowest BCUT2D eigenvalue weighted by atomic mass is 9.84. The maximum atomic E-state index is 13.5. The number of unbranched alkanes of at least 4 members (excludes halogenated alkanes) is 24. The fourth-order valence-corrected chi connectivity index (χ4v) is 9.70. The van der Waals surface area contributed by atoms with Crippen molar-refractivity contribution in [2.45, 2.75) is 274 Å². The highest BCUT2D eigenvalue weighted by atomic mass is 31.2. The summed E-state index contributed by atoms with van der Waals surface area (Å²) in [5.41, 5.74) is 0. The second-order valence-corrected chi connectivity index (χ2v) is 20.4. The first kappa shape index (κ1) is 62.3. The summed E-state index contributed by atoms with van der Waals surface area (Å²) in [6.45, 7) is 3.69. The Kier molecular flexibility index (Phi) is 33.9. The Morgan fingerprint density at radius 3 is 1.49 bits per heavy atom. The molecular formula is C49H92NO17P. The lowest BCUT2D eigenvalue weighted by Crippen LogP contribution is -2.67. The first-order chi connectivity index (χ1) is 32.6. The molecule has 12 atom stereocenters. The monoisotopic (exact) mass is 998 g/mol. The third-order valence-electron chi connectivity index (χ3n) is 12.8. The van der Waals surface area contributed by atoms with Crippen LogP contribution in [0.25, 0.3) is 0 Å². The molecule has 18 nitrogen and oxygen atoms in total. The van der Waals surface area contributed by atoms with E-state index in [-0.39, 0.29) is 19.3 Å². The van der Waals surface area contributed by atoms with E-state index in [4.69, 9.17) is 28.0 Å². The number of phosphoric ester groups is 1. The summed E-state index contributed by atoms with van der Waals surface area (Å²) >= 11 is 0. The first-order valence-corrected chi connectivity index (χ1v) is 27.7. The van der Waals surface area contributed by atoms with Crippen LogP contribution in [-0.2, 0) is 46.9 Å². The molecule has 0 spiro atoms. The van der Waals surface area contributed by atoms with Crippen LogP contribution in [0.15, 0.2) is 0 Å². The number of nitrogens with one attached hydrogen (secondary N) is 1. The van der Waals surface area contributed by atoms with Crippen molar-refractivity contribution >= 4 is 25.7 Å². The molecule has 68 heavy (non-hydrogen) atoms. The van der Waals surface area contributed by atoms with E-state index >= 15 is 0 Å². The lowest BCUT2D eigenvalue weighted by Gasteiger charge is -2.47. The van der Waals surface area contributed by atoms with E-state index < -0.39 is 113 Å². The summed E-state index contributed by atoms with van der Waals surface area (Å²) in [6, 6.07) is -1.30. The van der Waals surface area contributed by atoms with Crippen molar-refractivity contribution in [2.24, 2.45) is 0 Å². The standard InChI is InChI=1S/C49H92NO17P/c1-4-6-8-10-12-14-16-18-20-22-24-26-28-30-40(54)62-34-38(64-41(55)31-29-27-25-23-21-19-17-15-13-11-9-7-5-2)35-63-68(60,61)67-48-46(59)44(57)43(56)45(58)47(48)66-49-42(50-36(3)52)39(53)32-37(33-51)65-49/h37-39,42-49,51,53,56-59H,4-35H2,1-3H3,(H,50,52)(H,60,61)/t37-,38+,39-,42+,43+,44+,45-,46+,47+,48+,49+/m0/s1. The van der Waals surface area contributed by atoms with E-state index in [1.54, 1.807) is 0 Å². The van der Waals surface area contributed by atoms with Crippen molar-refractivity contribution in [2.75, 3.05) is 19.8 Å². The predicted molar refractivity (Wildman–Crippen MR) is 255 cm³/mol. The molecule has 0 aromatic carbocycles. The number of hydrogen-bond acceptors (Lipinski definition) is 16. The average Bonchev–Trinajstić information content (AvgIpc) is 3.30. The van der Waals surface area contributed by atoms with Crippen molar-refractivity contribution in [1.82, 2.24) is 5.32 Å². The highest BCUT2D eigenvalue weighted by Crippen LogP contribution is 2.48. The molecule has 1 amide bonds. The largest absolute Gasteiger partial charge is 0.472 e. The van der Waals surface area contributed by atoms with E-state index in [0.29, 0.717) is 12.8 Å². The van der Waals surface area contributed by atoms with Crippen LogP contribution < -0.4 is 5.32 Å². The smallest absolute Gasteiger partial charge is 0.462 e. The summed E-state index contributed by atoms with van der Waals surface area (Å²) in [6.07, 6.45) is 11.7. The second kappa shape index (κ2) is 37.0. The van der Waals surface area contributed by atoms with Crippen LogP contribution in [0.1, 0.15) is 207 Å². The Morgan fingerprint density at radius 2 is 1.04 bits per heavy atom. The molecule has 1 aliphatic carbocycles. The van der Waals surface area contributed by atoms with E-state index in [2.05, 4.69) is 19.2 Å². The fraction of sp³-hybridized carbons (Fsp3) is 0.939. The maximum absolute atomic E-state index is 13.5. The van der Waals surface area contributed by atoms with Crippen LogP contribution in [0.5, 0.6) is 0 Å². The van der Waals surface area contributed by atoms with Crippen LogP contribution in [-0.4, -0.2) is 140 Å². The molecule has 2 rings (SSSR count). The second-order valence-electron chi connectivity index (χ2n) is 19.0. The van der Waals surface area contributed by atoms with Crippen LogP contribution in [0.2, 0.25) is 0 Å². The minimum atomic E-state index is -5.35. The van der Waals surface area contributed by atoms with Gasteiger partial charge in [0.1, 0.15) is 49.3 Å². The molecule has 0 aromatic rings. The first-order valence-electron chi connectivity index (χ1n) is 26.2. The third-order valence-corrected chi connectivity index (χ3v) is 13.8. The molecule has 0 bridgehead atoms. The van der Waals surface area contributed by atoms with Gasteiger partial charge in [-0.2, -0.15) is 0 Å². The Hall–Kier alpha value is -1.80. The van der Waals surface area contributed by atoms with Gasteiger partial charge in [0.2, 0.25) is 5.91 Å².